The summed E-state index contributed by atoms with van der Waals surface area (Å²) in [5.41, 5.74) is -0.488. The van der Waals surface area contributed by atoms with Gasteiger partial charge in [0.2, 0.25) is 0 Å². The van der Waals surface area contributed by atoms with Crippen LogP contribution < -0.4 is 0 Å². The number of ether oxygens (including phenoxy) is 1. The van der Waals surface area contributed by atoms with Gasteiger partial charge in [-0.15, -0.1) is 0 Å². The van der Waals surface area contributed by atoms with Crippen molar-refractivity contribution in [2.45, 2.75) is 25.1 Å². The quantitative estimate of drug-likeness (QED) is 0.124. The summed E-state index contributed by atoms with van der Waals surface area (Å²) >= 11 is 0. The van der Waals surface area contributed by atoms with Crippen LogP contribution in [0.3, 0.4) is 0 Å². The summed E-state index contributed by atoms with van der Waals surface area (Å²) in [6.07, 6.45) is 3.02. The summed E-state index contributed by atoms with van der Waals surface area (Å²) in [5, 5.41) is 0. The first kappa shape index (κ1) is 29.4. The molecule has 2 aromatic rings. The first-order valence-corrected chi connectivity index (χ1v) is 11.5. The van der Waals surface area contributed by atoms with Gasteiger partial charge in [-0.2, -0.15) is 0 Å². The van der Waals surface area contributed by atoms with E-state index < -0.39 is 76.8 Å². The largest absolute Gasteiger partial charge is 0.480 e. The number of halogens is 8. The predicted octanol–water partition coefficient (Wildman–Crippen LogP) is 9.25. The zero-order valence-electron chi connectivity index (χ0n) is 20.3. The smallest absolute Gasteiger partial charge is 0.196 e. The van der Waals surface area contributed by atoms with Crippen LogP contribution in [-0.4, -0.2) is 12.3 Å². The minimum absolute atomic E-state index is 0.0979. The molecule has 0 spiro atoms. The van der Waals surface area contributed by atoms with Crippen molar-refractivity contribution in [2.24, 2.45) is 0 Å². The van der Waals surface area contributed by atoms with Gasteiger partial charge in [0.1, 0.15) is 12.4 Å². The third-order valence-corrected chi connectivity index (χ3v) is 5.78. The average Bonchev–Trinajstić information content (AvgIpc) is 2.96. The van der Waals surface area contributed by atoms with E-state index in [1.165, 1.54) is 36.4 Å². The van der Waals surface area contributed by atoms with Crippen molar-refractivity contribution < 1.29 is 39.9 Å². The minimum Gasteiger partial charge on any atom is -0.480 e. The second-order valence-corrected chi connectivity index (χ2v) is 8.32. The third kappa shape index (κ3) is 6.85. The molecule has 0 saturated carbocycles. The molecule has 2 atom stereocenters. The Morgan fingerprint density at radius 1 is 0.974 bits per heavy atom. The zero-order chi connectivity index (χ0) is 28.7. The monoisotopic (exact) mass is 550 g/mol. The van der Waals surface area contributed by atoms with Crippen LogP contribution in [0.1, 0.15) is 28.7 Å². The molecular weight excluding hydrogens is 528 g/mol. The van der Waals surface area contributed by atoms with E-state index in [0.717, 1.165) is 0 Å². The molecule has 204 valence electrons. The van der Waals surface area contributed by atoms with Gasteiger partial charge >= 0.3 is 0 Å². The summed E-state index contributed by atoms with van der Waals surface area (Å²) in [4.78, 5) is 0. The van der Waals surface area contributed by atoms with Gasteiger partial charge in [0, 0.05) is 18.4 Å². The van der Waals surface area contributed by atoms with Crippen LogP contribution in [0.25, 0.3) is 12.2 Å². The molecule has 2 aromatic carbocycles. The van der Waals surface area contributed by atoms with Crippen molar-refractivity contribution in [3.8, 4) is 0 Å². The highest BCUT2D eigenvalue weighted by molar-refractivity contribution is 5.54. The molecule has 0 aromatic heterocycles. The van der Waals surface area contributed by atoms with E-state index in [9.17, 15) is 35.1 Å². The maximum atomic E-state index is 14.7. The number of allylic oxidation sites excluding steroid dienone is 6. The molecule has 1 aliphatic rings. The summed E-state index contributed by atoms with van der Waals surface area (Å²) < 4.78 is 120. The number of alkyl halides is 1. The van der Waals surface area contributed by atoms with Gasteiger partial charge in [0.25, 0.3) is 0 Å². The molecule has 39 heavy (non-hydrogen) atoms. The van der Waals surface area contributed by atoms with Gasteiger partial charge in [-0.1, -0.05) is 61.7 Å². The molecule has 0 saturated heterocycles. The average molecular weight is 550 g/mol. The first-order chi connectivity index (χ1) is 18.6. The van der Waals surface area contributed by atoms with Gasteiger partial charge in [0.15, 0.2) is 46.9 Å². The molecule has 0 fully saturated rings. The number of rotatable bonds is 10. The SMILES string of the molecule is C=CC1=CCC(OC(/C(F)=C/F)=C(\F)C(F)/C=C\c2c(F)c(F)c(Cc3ccc(C=C)cc3)c(F)c2F)C=C1. The topological polar surface area (TPSA) is 9.23 Å². The lowest BCUT2D eigenvalue weighted by atomic mass is 9.99. The summed E-state index contributed by atoms with van der Waals surface area (Å²) in [6.45, 7) is 7.12. The number of hydrogen-bond acceptors (Lipinski definition) is 1. The van der Waals surface area contributed by atoms with E-state index in [2.05, 4.69) is 13.2 Å². The highest BCUT2D eigenvalue weighted by atomic mass is 19.2. The Balaban J connectivity index is 1.88. The van der Waals surface area contributed by atoms with Crippen LogP contribution in [0.15, 0.2) is 97.1 Å². The molecule has 0 bridgehead atoms. The maximum Gasteiger partial charge on any atom is 0.196 e. The van der Waals surface area contributed by atoms with Crippen LogP contribution in [0.4, 0.5) is 35.1 Å². The van der Waals surface area contributed by atoms with Crippen LogP contribution in [0.5, 0.6) is 0 Å². The normalized spacial score (nSPS) is 17.1. The molecule has 0 aliphatic heterocycles. The van der Waals surface area contributed by atoms with Crippen molar-refractivity contribution >= 4 is 12.2 Å². The van der Waals surface area contributed by atoms with E-state index >= 15 is 0 Å². The highest BCUT2D eigenvalue weighted by Gasteiger charge is 2.27. The molecule has 0 amide bonds. The van der Waals surface area contributed by atoms with Gasteiger partial charge in [0.05, 0.1) is 5.56 Å². The standard InChI is InChI=1S/C30H22F8O/c1-3-17-5-7-19(8-6-17)15-22-27(36)25(34)21(26(35)28(22)37)13-14-23(32)29(38)30(24(33)16-31)39-20-11-9-18(4-2)10-12-20/h3-11,13-14,16,20,23H,1-2,12,15H2/b14-13-,24-16-,30-29-. The fourth-order valence-electron chi connectivity index (χ4n) is 3.65. The molecule has 1 aliphatic carbocycles. The van der Waals surface area contributed by atoms with Crippen molar-refractivity contribution in [2.75, 3.05) is 0 Å². The summed E-state index contributed by atoms with van der Waals surface area (Å²) in [7, 11) is 0. The fraction of sp³-hybridized carbons (Fsp3) is 0.133. The second-order valence-electron chi connectivity index (χ2n) is 8.32. The Hall–Kier alpha value is -4.14. The van der Waals surface area contributed by atoms with E-state index in [1.54, 1.807) is 18.2 Å². The van der Waals surface area contributed by atoms with Crippen molar-refractivity contribution in [1.82, 2.24) is 0 Å². The van der Waals surface area contributed by atoms with E-state index in [-0.39, 0.29) is 18.6 Å². The molecule has 0 radical (unpaired) electrons. The lowest BCUT2D eigenvalue weighted by Crippen LogP contribution is -2.14. The maximum absolute atomic E-state index is 14.7. The summed E-state index contributed by atoms with van der Waals surface area (Å²) in [5.74, 6) is -12.4. The Morgan fingerprint density at radius 2 is 1.62 bits per heavy atom. The van der Waals surface area contributed by atoms with Crippen LogP contribution >= 0.6 is 0 Å². The fourth-order valence-corrected chi connectivity index (χ4v) is 3.65. The number of benzene rings is 2. The lowest BCUT2D eigenvalue weighted by molar-refractivity contribution is 0.139. The van der Waals surface area contributed by atoms with Crippen molar-refractivity contribution in [1.29, 1.82) is 0 Å². The molecule has 1 nitrogen and oxygen atoms in total. The van der Waals surface area contributed by atoms with Crippen molar-refractivity contribution in [3.63, 3.8) is 0 Å². The summed E-state index contributed by atoms with van der Waals surface area (Å²) in [6, 6.07) is 6.16. The van der Waals surface area contributed by atoms with Crippen LogP contribution in [-0.2, 0) is 11.2 Å². The Morgan fingerprint density at radius 3 is 2.13 bits per heavy atom. The molecule has 2 unspecified atom stereocenters. The zero-order valence-corrected chi connectivity index (χ0v) is 20.3. The third-order valence-electron chi connectivity index (χ3n) is 5.78. The highest BCUT2D eigenvalue weighted by Crippen LogP contribution is 2.30. The number of hydrogen-bond donors (Lipinski definition) is 0. The first-order valence-electron chi connectivity index (χ1n) is 11.5. The van der Waals surface area contributed by atoms with Gasteiger partial charge in [-0.25, -0.2) is 35.1 Å². The Labute approximate surface area is 220 Å². The Kier molecular flexibility index (Phi) is 9.87. The molecule has 9 heteroatoms. The molecule has 0 N–H and O–H groups in total. The van der Waals surface area contributed by atoms with Gasteiger partial charge in [-0.05, 0) is 34.9 Å². The predicted molar refractivity (Wildman–Crippen MR) is 135 cm³/mol. The molecular formula is C30H22F8O. The van der Waals surface area contributed by atoms with Crippen LogP contribution in [0.2, 0.25) is 0 Å². The second kappa shape index (κ2) is 13.1. The molecule has 3 rings (SSSR count). The minimum atomic E-state index is -2.91. The van der Waals surface area contributed by atoms with Crippen molar-refractivity contribution in [3.05, 3.63) is 143 Å². The van der Waals surface area contributed by atoms with Crippen LogP contribution in [0, 0.1) is 23.3 Å². The van der Waals surface area contributed by atoms with E-state index in [1.807, 2.05) is 0 Å². The van der Waals surface area contributed by atoms with E-state index in [0.29, 0.717) is 16.7 Å². The van der Waals surface area contributed by atoms with E-state index in [4.69, 9.17) is 4.74 Å². The Bertz CT molecular complexity index is 1370. The van der Waals surface area contributed by atoms with Gasteiger partial charge < -0.3 is 4.74 Å². The molecule has 0 heterocycles. The lowest BCUT2D eigenvalue weighted by Gasteiger charge is -2.19. The van der Waals surface area contributed by atoms with Gasteiger partial charge in [-0.3, -0.25) is 0 Å².